The third-order valence-electron chi connectivity index (χ3n) is 3.27. The molecule has 2 atom stereocenters. The predicted octanol–water partition coefficient (Wildman–Crippen LogP) is 0.680. The van der Waals surface area contributed by atoms with Crippen LogP contribution in [0.4, 0.5) is 0 Å². The number of aromatic nitrogens is 3. The third kappa shape index (κ3) is 1.57. The molecule has 0 saturated carbocycles. The molecular weight excluding hydrogens is 220 g/mol. The lowest BCUT2D eigenvalue weighted by Crippen LogP contribution is -2.42. The smallest absolute Gasteiger partial charge is 0.236 e. The van der Waals surface area contributed by atoms with E-state index >= 15 is 0 Å². The minimum atomic E-state index is -0.391. The maximum atomic E-state index is 6.01. The van der Waals surface area contributed by atoms with E-state index in [1.807, 2.05) is 25.3 Å². The number of aromatic amines is 1. The molecule has 1 fully saturated rings. The van der Waals surface area contributed by atoms with Crippen LogP contribution >= 0.6 is 0 Å². The van der Waals surface area contributed by atoms with Crippen LogP contribution in [0, 0.1) is 0 Å². The average Bonchev–Trinajstić information content (AvgIpc) is 3.01. The van der Waals surface area contributed by atoms with Gasteiger partial charge >= 0.3 is 0 Å². The molecule has 3 N–H and O–H groups in total. The van der Waals surface area contributed by atoms with Crippen molar-refractivity contribution in [3.63, 3.8) is 0 Å². The van der Waals surface area contributed by atoms with E-state index in [-0.39, 0.29) is 6.04 Å². The van der Waals surface area contributed by atoms with Crippen LogP contribution in [-0.2, 0) is 10.2 Å². The summed E-state index contributed by atoms with van der Waals surface area (Å²) in [7, 11) is 0. The summed E-state index contributed by atoms with van der Waals surface area (Å²) in [6.45, 7) is 3.02. The Labute approximate surface area is 98.2 Å². The molecule has 1 aliphatic rings. The molecule has 0 aliphatic carbocycles. The molecule has 0 radical (unpaired) electrons. The van der Waals surface area contributed by atoms with Crippen molar-refractivity contribution >= 4 is 0 Å². The van der Waals surface area contributed by atoms with E-state index in [0.29, 0.717) is 24.9 Å². The first kappa shape index (κ1) is 10.5. The van der Waals surface area contributed by atoms with E-state index in [9.17, 15) is 0 Å². The van der Waals surface area contributed by atoms with E-state index in [1.165, 1.54) is 0 Å². The highest BCUT2D eigenvalue weighted by Gasteiger charge is 2.44. The van der Waals surface area contributed by atoms with Gasteiger partial charge in [0.25, 0.3) is 0 Å². The fourth-order valence-corrected chi connectivity index (χ4v) is 1.94. The summed E-state index contributed by atoms with van der Waals surface area (Å²) in [6, 6.07) is 3.67. The number of hydrogen-bond acceptors (Lipinski definition) is 5. The van der Waals surface area contributed by atoms with Crippen LogP contribution in [0.25, 0.3) is 11.5 Å². The molecule has 1 saturated heterocycles. The Kier molecular flexibility index (Phi) is 2.27. The highest BCUT2D eigenvalue weighted by molar-refractivity contribution is 5.48. The van der Waals surface area contributed by atoms with Crippen molar-refractivity contribution in [1.82, 2.24) is 15.1 Å². The Bertz CT molecular complexity index is 507. The zero-order chi connectivity index (χ0) is 11.9. The minimum absolute atomic E-state index is 0.112. The predicted molar refractivity (Wildman–Crippen MR) is 60.2 cm³/mol. The average molecular weight is 234 g/mol. The Morgan fingerprint density at radius 1 is 1.59 bits per heavy atom. The number of H-pyrrole nitrogens is 1. The maximum Gasteiger partial charge on any atom is 0.236 e. The molecule has 2 aromatic heterocycles. The number of rotatable bonds is 2. The third-order valence-corrected chi connectivity index (χ3v) is 3.27. The summed E-state index contributed by atoms with van der Waals surface area (Å²) in [6.07, 6.45) is 1.82. The summed E-state index contributed by atoms with van der Waals surface area (Å²) < 4.78 is 10.7. The zero-order valence-corrected chi connectivity index (χ0v) is 9.51. The van der Waals surface area contributed by atoms with Gasteiger partial charge in [-0.3, -0.25) is 0 Å². The van der Waals surface area contributed by atoms with Crippen LogP contribution in [0.5, 0.6) is 0 Å². The van der Waals surface area contributed by atoms with Gasteiger partial charge in [-0.15, -0.1) is 0 Å². The molecule has 0 amide bonds. The molecule has 2 aromatic rings. The summed E-state index contributed by atoms with van der Waals surface area (Å²) in [5.41, 5.74) is 6.45. The van der Waals surface area contributed by atoms with Gasteiger partial charge in [0.05, 0.1) is 24.3 Å². The molecule has 1 aliphatic heterocycles. The molecule has 2 unspecified atom stereocenters. The Morgan fingerprint density at radius 3 is 3.12 bits per heavy atom. The molecule has 3 rings (SSSR count). The van der Waals surface area contributed by atoms with Crippen LogP contribution in [-0.4, -0.2) is 34.4 Å². The van der Waals surface area contributed by atoms with Crippen LogP contribution in [0.3, 0.4) is 0 Å². The second-order valence-corrected chi connectivity index (χ2v) is 4.55. The molecule has 3 heterocycles. The van der Waals surface area contributed by atoms with Crippen LogP contribution in [0.2, 0.25) is 0 Å². The van der Waals surface area contributed by atoms with E-state index in [0.717, 1.165) is 5.69 Å². The molecule has 6 heteroatoms. The lowest BCUT2D eigenvalue weighted by atomic mass is 9.86. The molecule has 17 heavy (non-hydrogen) atoms. The van der Waals surface area contributed by atoms with E-state index in [4.69, 9.17) is 15.0 Å². The monoisotopic (exact) mass is 234 g/mol. The quantitative estimate of drug-likeness (QED) is 0.797. The first-order chi connectivity index (χ1) is 8.20. The van der Waals surface area contributed by atoms with Crippen molar-refractivity contribution in [1.29, 1.82) is 0 Å². The van der Waals surface area contributed by atoms with Crippen LogP contribution < -0.4 is 5.73 Å². The maximum absolute atomic E-state index is 6.01. The molecule has 0 spiro atoms. The topological polar surface area (TPSA) is 90.0 Å². The van der Waals surface area contributed by atoms with Crippen LogP contribution in [0.15, 0.2) is 22.9 Å². The molecule has 90 valence electrons. The molecule has 0 aromatic carbocycles. The normalized spacial score (nSPS) is 28.7. The molecule has 6 nitrogen and oxygen atoms in total. The standard InChI is InChI=1S/C11H14N4O2/c1-11(6-16-5-8(11)12)10-14-9(15-17-10)7-3-2-4-13-7/h2-4,8,13H,5-6,12H2,1H3. The lowest BCUT2D eigenvalue weighted by Gasteiger charge is -2.21. The van der Waals surface area contributed by atoms with Crippen molar-refractivity contribution in [2.75, 3.05) is 13.2 Å². The van der Waals surface area contributed by atoms with Gasteiger partial charge < -0.3 is 20.0 Å². The summed E-state index contributed by atoms with van der Waals surface area (Å²) >= 11 is 0. The highest BCUT2D eigenvalue weighted by atomic mass is 16.5. The number of hydrogen-bond donors (Lipinski definition) is 2. The Morgan fingerprint density at radius 2 is 2.47 bits per heavy atom. The molecule has 0 bridgehead atoms. The lowest BCUT2D eigenvalue weighted by molar-refractivity contribution is 0.169. The van der Waals surface area contributed by atoms with Gasteiger partial charge in [-0.1, -0.05) is 5.16 Å². The van der Waals surface area contributed by atoms with Gasteiger partial charge in [-0.05, 0) is 19.1 Å². The fraction of sp³-hybridized carbons (Fsp3) is 0.455. The second-order valence-electron chi connectivity index (χ2n) is 4.55. The van der Waals surface area contributed by atoms with Gasteiger partial charge in [-0.25, -0.2) is 0 Å². The highest BCUT2D eigenvalue weighted by Crippen LogP contribution is 2.31. The summed E-state index contributed by atoms with van der Waals surface area (Å²) in [4.78, 5) is 7.42. The van der Waals surface area contributed by atoms with Crippen molar-refractivity contribution in [3.8, 4) is 11.5 Å². The number of nitrogens with two attached hydrogens (primary N) is 1. The van der Waals surface area contributed by atoms with Crippen molar-refractivity contribution in [2.24, 2.45) is 5.73 Å². The second kappa shape index (κ2) is 3.68. The van der Waals surface area contributed by atoms with Gasteiger partial charge in [-0.2, -0.15) is 4.98 Å². The first-order valence-corrected chi connectivity index (χ1v) is 5.51. The van der Waals surface area contributed by atoms with Crippen molar-refractivity contribution in [2.45, 2.75) is 18.4 Å². The van der Waals surface area contributed by atoms with Gasteiger partial charge in [0.15, 0.2) is 0 Å². The van der Waals surface area contributed by atoms with Crippen molar-refractivity contribution < 1.29 is 9.26 Å². The van der Waals surface area contributed by atoms with Gasteiger partial charge in [0, 0.05) is 12.2 Å². The van der Waals surface area contributed by atoms with Crippen LogP contribution in [0.1, 0.15) is 12.8 Å². The van der Waals surface area contributed by atoms with E-state index in [1.54, 1.807) is 0 Å². The minimum Gasteiger partial charge on any atom is -0.379 e. The molecular formula is C11H14N4O2. The fourth-order valence-electron chi connectivity index (χ4n) is 1.94. The van der Waals surface area contributed by atoms with Gasteiger partial charge in [0.1, 0.15) is 0 Å². The summed E-state index contributed by atoms with van der Waals surface area (Å²) in [5, 5.41) is 3.95. The number of nitrogens with zero attached hydrogens (tertiary/aromatic N) is 2. The Hall–Kier alpha value is -1.66. The van der Waals surface area contributed by atoms with Gasteiger partial charge in [0.2, 0.25) is 11.7 Å². The SMILES string of the molecule is CC1(c2nc(-c3ccc[nH]3)no2)COCC1N. The Balaban J connectivity index is 1.95. The van der Waals surface area contributed by atoms with E-state index in [2.05, 4.69) is 15.1 Å². The largest absolute Gasteiger partial charge is 0.379 e. The van der Waals surface area contributed by atoms with E-state index < -0.39 is 5.41 Å². The first-order valence-electron chi connectivity index (χ1n) is 5.51. The van der Waals surface area contributed by atoms with Crippen molar-refractivity contribution in [3.05, 3.63) is 24.2 Å². The zero-order valence-electron chi connectivity index (χ0n) is 9.51. The number of ether oxygens (including phenoxy) is 1. The number of nitrogens with one attached hydrogen (secondary N) is 1. The summed E-state index contributed by atoms with van der Waals surface area (Å²) in [5.74, 6) is 1.08.